The van der Waals surface area contributed by atoms with Crippen molar-refractivity contribution >= 4 is 12.1 Å². The average molecular weight is 615 g/mol. The number of hydrogen-bond acceptors (Lipinski definition) is 10. The number of nitrogens with zero attached hydrogens (tertiary/aromatic N) is 2. The number of hydrogen-bond donors (Lipinski definition) is 1. The fourth-order valence-corrected chi connectivity index (χ4v) is 5.44. The fraction of sp³-hybridized carbons (Fsp3) is 0.576. The molecule has 0 aliphatic carbocycles. The van der Waals surface area contributed by atoms with Crippen molar-refractivity contribution in [2.75, 3.05) is 47.0 Å². The maximum Gasteiger partial charge on any atom is 0.410 e. The molecule has 2 saturated heterocycles. The molecule has 2 fully saturated rings. The number of likely N-dealkylation sites (N-methyl/N-ethyl adjacent to an activating group) is 1. The molecule has 1 unspecified atom stereocenters. The van der Waals surface area contributed by atoms with Crippen LogP contribution in [0, 0.1) is 5.92 Å². The molecule has 1 N–H and O–H groups in total. The second-order valence-corrected chi connectivity index (χ2v) is 12.0. The van der Waals surface area contributed by atoms with Crippen molar-refractivity contribution in [2.45, 2.75) is 70.2 Å². The molecular formula is C33H46N2O9. The zero-order valence-electron chi connectivity index (χ0n) is 26.3. The van der Waals surface area contributed by atoms with Gasteiger partial charge in [0.2, 0.25) is 0 Å². The van der Waals surface area contributed by atoms with Gasteiger partial charge in [-0.15, -0.1) is 0 Å². The van der Waals surface area contributed by atoms with Crippen molar-refractivity contribution in [3.8, 4) is 0 Å². The lowest BCUT2D eigenvalue weighted by Crippen LogP contribution is -2.61. The molecule has 0 spiro atoms. The Labute approximate surface area is 259 Å². The lowest BCUT2D eigenvalue weighted by atomic mass is 9.86. The molecule has 2 aromatic rings. The number of benzene rings is 2. The molecule has 2 aromatic carbocycles. The molecule has 2 aliphatic heterocycles. The van der Waals surface area contributed by atoms with Crippen molar-refractivity contribution in [1.29, 1.82) is 0 Å². The van der Waals surface area contributed by atoms with Crippen molar-refractivity contribution in [3.63, 3.8) is 0 Å². The summed E-state index contributed by atoms with van der Waals surface area (Å²) >= 11 is 0. The van der Waals surface area contributed by atoms with E-state index in [1.54, 1.807) is 18.7 Å². The molecule has 2 heterocycles. The van der Waals surface area contributed by atoms with Crippen LogP contribution in [-0.2, 0) is 46.4 Å². The van der Waals surface area contributed by atoms with Gasteiger partial charge in [0.15, 0.2) is 5.79 Å². The van der Waals surface area contributed by atoms with Crippen LogP contribution >= 0.6 is 0 Å². The van der Waals surface area contributed by atoms with Crippen LogP contribution in [0.25, 0.3) is 0 Å². The number of esters is 1. The molecule has 11 heteroatoms. The van der Waals surface area contributed by atoms with Gasteiger partial charge in [-0.2, -0.15) is 0 Å². The molecule has 1 amide bonds. The third kappa shape index (κ3) is 8.99. The summed E-state index contributed by atoms with van der Waals surface area (Å²) in [5.41, 5.74) is 1.91. The highest BCUT2D eigenvalue weighted by Gasteiger charge is 2.56. The highest BCUT2D eigenvalue weighted by Crippen LogP contribution is 2.39. The predicted octanol–water partition coefficient (Wildman–Crippen LogP) is 3.58. The van der Waals surface area contributed by atoms with Gasteiger partial charge in [-0.05, 0) is 37.9 Å². The van der Waals surface area contributed by atoms with E-state index in [9.17, 15) is 14.7 Å². The molecule has 2 aliphatic rings. The Balaban J connectivity index is 1.34. The third-order valence-electron chi connectivity index (χ3n) is 7.97. The summed E-state index contributed by atoms with van der Waals surface area (Å²) in [6, 6.07) is 19.3. The van der Waals surface area contributed by atoms with Crippen molar-refractivity contribution in [3.05, 3.63) is 71.8 Å². The fourth-order valence-electron chi connectivity index (χ4n) is 5.44. The van der Waals surface area contributed by atoms with Crippen LogP contribution in [0.15, 0.2) is 60.7 Å². The lowest BCUT2D eigenvalue weighted by Gasteiger charge is -2.45. The number of ether oxygens (including phenoxy) is 6. The monoisotopic (exact) mass is 614 g/mol. The van der Waals surface area contributed by atoms with Crippen LogP contribution in [0.1, 0.15) is 38.3 Å². The number of rotatable bonds is 13. The minimum atomic E-state index is -1.70. The maximum atomic E-state index is 13.1. The number of methoxy groups -OCH3 is 1. The molecule has 44 heavy (non-hydrogen) atoms. The molecule has 4 rings (SSSR count). The van der Waals surface area contributed by atoms with Gasteiger partial charge in [0, 0.05) is 32.6 Å². The Morgan fingerprint density at radius 3 is 2.25 bits per heavy atom. The zero-order valence-corrected chi connectivity index (χ0v) is 26.3. The second-order valence-electron chi connectivity index (χ2n) is 12.0. The van der Waals surface area contributed by atoms with E-state index >= 15 is 0 Å². The summed E-state index contributed by atoms with van der Waals surface area (Å²) < 4.78 is 34.7. The molecular weight excluding hydrogens is 568 g/mol. The van der Waals surface area contributed by atoms with E-state index in [0.717, 1.165) is 11.1 Å². The summed E-state index contributed by atoms with van der Waals surface area (Å²) in [5, 5.41) is 10.9. The molecule has 0 aromatic heterocycles. The van der Waals surface area contributed by atoms with Crippen LogP contribution < -0.4 is 0 Å². The van der Waals surface area contributed by atoms with E-state index in [4.69, 9.17) is 28.4 Å². The summed E-state index contributed by atoms with van der Waals surface area (Å²) in [4.78, 5) is 29.8. The highest BCUT2D eigenvalue weighted by molar-refractivity contribution is 5.78. The van der Waals surface area contributed by atoms with E-state index in [1.807, 2.05) is 79.5 Å². The van der Waals surface area contributed by atoms with Gasteiger partial charge < -0.3 is 43.3 Å². The van der Waals surface area contributed by atoms with Crippen LogP contribution in [-0.4, -0.2) is 104 Å². The first kappa shape index (κ1) is 33.8. The Morgan fingerprint density at radius 1 is 0.977 bits per heavy atom. The van der Waals surface area contributed by atoms with E-state index in [1.165, 1.54) is 7.11 Å². The number of aliphatic hydroxyl groups is 1. The Kier molecular flexibility index (Phi) is 11.8. The van der Waals surface area contributed by atoms with Gasteiger partial charge in [-0.1, -0.05) is 67.6 Å². The Morgan fingerprint density at radius 2 is 1.64 bits per heavy atom. The maximum absolute atomic E-state index is 13.1. The molecule has 0 saturated carbocycles. The zero-order chi connectivity index (χ0) is 31.7. The summed E-state index contributed by atoms with van der Waals surface area (Å²) in [7, 11) is 3.19. The van der Waals surface area contributed by atoms with Crippen molar-refractivity contribution in [1.82, 2.24) is 9.80 Å². The predicted molar refractivity (Wildman–Crippen MR) is 161 cm³/mol. The van der Waals surface area contributed by atoms with E-state index < -0.39 is 41.9 Å². The Hall–Kier alpha value is -3.06. The van der Waals surface area contributed by atoms with Gasteiger partial charge in [-0.3, -0.25) is 0 Å². The van der Waals surface area contributed by atoms with Gasteiger partial charge in [-0.25, -0.2) is 9.59 Å². The topological polar surface area (TPSA) is 116 Å². The van der Waals surface area contributed by atoms with Gasteiger partial charge >= 0.3 is 12.1 Å². The molecule has 242 valence electrons. The SMILES string of the molecule is COC(=O)[C@@]1(OCCN(C)CCN(Cc2ccccc2)C(=O)OCc2ccccc2)C[C@@H](C)[C@@H](O)C([C@H]2COC(C)(C)O2)O1. The number of carbonyl (C=O) groups is 2. The Bertz CT molecular complexity index is 1200. The van der Waals surface area contributed by atoms with Crippen LogP contribution in [0.5, 0.6) is 0 Å². The minimum absolute atomic E-state index is 0.121. The van der Waals surface area contributed by atoms with Gasteiger partial charge in [0.1, 0.15) is 18.8 Å². The quantitative estimate of drug-likeness (QED) is 0.336. The van der Waals surface area contributed by atoms with E-state index in [2.05, 4.69) is 0 Å². The second kappa shape index (κ2) is 15.3. The van der Waals surface area contributed by atoms with Crippen LogP contribution in [0.2, 0.25) is 0 Å². The number of aliphatic hydroxyl groups excluding tert-OH is 1. The standard InChI is InChI=1S/C33H46N2O9/c1-24-20-33(30(37)39-5,44-29(28(24)36)27-23-42-32(2,3)43-27)41-19-18-34(4)16-17-35(21-25-12-8-6-9-13-25)31(38)40-22-26-14-10-7-11-15-26/h6-15,24,27-29,36H,16-23H2,1-5H3/t24-,27-,28-,29?,33-/m1/s1. The summed E-state index contributed by atoms with van der Waals surface area (Å²) in [6.45, 7) is 7.76. The van der Waals surface area contributed by atoms with Crippen LogP contribution in [0.4, 0.5) is 4.79 Å². The summed E-state index contributed by atoms with van der Waals surface area (Å²) in [5.74, 6) is -3.52. The van der Waals surface area contributed by atoms with Crippen molar-refractivity contribution in [2.24, 2.45) is 5.92 Å². The lowest BCUT2D eigenvalue weighted by molar-refractivity contribution is -0.318. The summed E-state index contributed by atoms with van der Waals surface area (Å²) in [6.07, 6.45) is -2.57. The first-order valence-electron chi connectivity index (χ1n) is 15.1. The van der Waals surface area contributed by atoms with Crippen molar-refractivity contribution < 1.29 is 43.1 Å². The van der Waals surface area contributed by atoms with E-state index in [0.29, 0.717) is 26.2 Å². The molecule has 0 radical (unpaired) electrons. The molecule has 5 atom stereocenters. The number of carbonyl (C=O) groups excluding carboxylic acids is 2. The first-order chi connectivity index (χ1) is 21.0. The smallest absolute Gasteiger partial charge is 0.410 e. The largest absolute Gasteiger partial charge is 0.465 e. The van der Waals surface area contributed by atoms with E-state index in [-0.39, 0.29) is 32.2 Å². The average Bonchev–Trinajstić information content (AvgIpc) is 3.39. The highest BCUT2D eigenvalue weighted by atomic mass is 16.8. The van der Waals surface area contributed by atoms with Crippen LogP contribution in [0.3, 0.4) is 0 Å². The van der Waals surface area contributed by atoms with Gasteiger partial charge in [0.05, 0.1) is 26.4 Å². The molecule has 11 nitrogen and oxygen atoms in total. The van der Waals surface area contributed by atoms with Gasteiger partial charge in [0.25, 0.3) is 5.79 Å². The molecule has 0 bridgehead atoms. The minimum Gasteiger partial charge on any atom is -0.465 e. The first-order valence-corrected chi connectivity index (χ1v) is 15.1. The number of amides is 1. The normalized spacial score (nSPS) is 26.3. The third-order valence-corrected chi connectivity index (χ3v) is 7.97.